The first-order valence-corrected chi connectivity index (χ1v) is 8.69. The van der Waals surface area contributed by atoms with Gasteiger partial charge < -0.3 is 14.3 Å². The van der Waals surface area contributed by atoms with Crippen LogP contribution >= 0.6 is 0 Å². The molecule has 1 aliphatic rings. The molecule has 0 aliphatic carbocycles. The van der Waals surface area contributed by atoms with E-state index in [1.165, 1.54) is 17.6 Å². The van der Waals surface area contributed by atoms with Crippen molar-refractivity contribution in [1.29, 1.82) is 0 Å². The summed E-state index contributed by atoms with van der Waals surface area (Å²) in [4.78, 5) is 10.3. The van der Waals surface area contributed by atoms with E-state index in [-0.39, 0.29) is 12.4 Å². The van der Waals surface area contributed by atoms with Gasteiger partial charge in [-0.3, -0.25) is 0 Å². The highest BCUT2D eigenvalue weighted by molar-refractivity contribution is 5.49. The van der Waals surface area contributed by atoms with Gasteiger partial charge in [0.15, 0.2) is 6.29 Å². The predicted molar refractivity (Wildman–Crippen MR) is 90.8 cm³/mol. The zero-order valence-corrected chi connectivity index (χ0v) is 14.5. The average molecular weight is 308 g/mol. The first-order chi connectivity index (χ1) is 10.7. The largest absolute Gasteiger partial charge is 0.353 e. The minimum Gasteiger partial charge on any atom is -0.353 e. The molecule has 0 spiro atoms. The second-order valence-electron chi connectivity index (χ2n) is 6.19. The third-order valence-electron chi connectivity index (χ3n) is 4.03. The lowest BCUT2D eigenvalue weighted by atomic mass is 10.1. The molecule has 2 unspecified atom stereocenters. The van der Waals surface area contributed by atoms with Crippen LogP contribution in [0.2, 0.25) is 0 Å². The highest BCUT2D eigenvalue weighted by Gasteiger charge is 2.17. The van der Waals surface area contributed by atoms with Crippen LogP contribution in [0.4, 0.5) is 0 Å². The van der Waals surface area contributed by atoms with Crippen LogP contribution in [0.25, 0.3) is 0 Å². The smallest absolute Gasteiger partial charge is 0.158 e. The molecule has 1 saturated heterocycles. The van der Waals surface area contributed by atoms with Crippen LogP contribution in [0.3, 0.4) is 0 Å². The molecule has 0 amide bonds. The molecule has 3 nitrogen and oxygen atoms in total. The highest BCUT2D eigenvalue weighted by atomic mass is 16.7. The van der Waals surface area contributed by atoms with Gasteiger partial charge in [-0.2, -0.15) is 0 Å². The summed E-state index contributed by atoms with van der Waals surface area (Å²) in [6.07, 6.45) is 13.5. The van der Waals surface area contributed by atoms with Gasteiger partial charge in [0.2, 0.25) is 0 Å². The number of aldehydes is 1. The molecule has 2 atom stereocenters. The Balaban J connectivity index is 2.35. The van der Waals surface area contributed by atoms with Crippen molar-refractivity contribution < 1.29 is 14.3 Å². The molecule has 0 aromatic heterocycles. The van der Waals surface area contributed by atoms with E-state index in [2.05, 4.69) is 32.9 Å². The summed E-state index contributed by atoms with van der Waals surface area (Å²) < 4.78 is 11.7. The van der Waals surface area contributed by atoms with Crippen LogP contribution in [0.1, 0.15) is 72.1 Å². The number of carbonyl (C=O) groups excluding carboxylic acids is 1. The van der Waals surface area contributed by atoms with E-state index in [0.29, 0.717) is 6.42 Å². The molecule has 1 fully saturated rings. The fourth-order valence-electron chi connectivity index (χ4n) is 2.60. The molecule has 0 N–H and O–H groups in total. The zero-order chi connectivity index (χ0) is 16.2. The van der Waals surface area contributed by atoms with E-state index in [9.17, 15) is 4.79 Å². The van der Waals surface area contributed by atoms with Crippen LogP contribution in [0, 0.1) is 0 Å². The number of allylic oxidation sites excluding steroid dienone is 3. The Bertz CT molecular complexity index is 365. The van der Waals surface area contributed by atoms with Crippen molar-refractivity contribution >= 4 is 6.29 Å². The van der Waals surface area contributed by atoms with Gasteiger partial charge in [0.05, 0.1) is 6.10 Å². The Labute approximate surface area is 135 Å². The Hall–Kier alpha value is -0.930. The van der Waals surface area contributed by atoms with Gasteiger partial charge in [-0.1, -0.05) is 30.2 Å². The summed E-state index contributed by atoms with van der Waals surface area (Å²) in [7, 11) is 0. The van der Waals surface area contributed by atoms with E-state index in [4.69, 9.17) is 9.47 Å². The fraction of sp³-hybridized carbons (Fsp3) is 0.737. The van der Waals surface area contributed by atoms with Gasteiger partial charge in [-0.05, 0) is 58.8 Å². The maximum Gasteiger partial charge on any atom is 0.158 e. The summed E-state index contributed by atoms with van der Waals surface area (Å²) in [5.41, 5.74) is 2.67. The van der Waals surface area contributed by atoms with Crippen LogP contribution in [-0.4, -0.2) is 25.3 Å². The molecule has 1 rings (SSSR count). The van der Waals surface area contributed by atoms with Crippen molar-refractivity contribution in [2.75, 3.05) is 6.61 Å². The second-order valence-corrected chi connectivity index (χ2v) is 6.19. The van der Waals surface area contributed by atoms with Crippen molar-refractivity contribution in [3.05, 3.63) is 23.3 Å². The SMILES string of the molecule is CCC(/C=C(\C)CC/C=C(\C)CCC=O)OC1CCCCO1. The quantitative estimate of drug-likeness (QED) is 0.422. The second kappa shape index (κ2) is 11.6. The van der Waals surface area contributed by atoms with E-state index < -0.39 is 0 Å². The molecule has 0 aromatic rings. The maximum atomic E-state index is 10.3. The Kier molecular flexibility index (Phi) is 10.1. The van der Waals surface area contributed by atoms with Gasteiger partial charge in [-0.15, -0.1) is 0 Å². The van der Waals surface area contributed by atoms with Crippen molar-refractivity contribution in [1.82, 2.24) is 0 Å². The number of ether oxygens (including phenoxy) is 2. The molecule has 0 bridgehead atoms. The van der Waals surface area contributed by atoms with E-state index in [1.54, 1.807) is 0 Å². The Morgan fingerprint density at radius 2 is 2.00 bits per heavy atom. The minimum atomic E-state index is -0.0202. The van der Waals surface area contributed by atoms with Crippen molar-refractivity contribution in [2.45, 2.75) is 84.5 Å². The normalized spacial score (nSPS) is 21.7. The number of carbonyl (C=O) groups is 1. The first-order valence-electron chi connectivity index (χ1n) is 8.69. The van der Waals surface area contributed by atoms with Gasteiger partial charge in [0.1, 0.15) is 6.29 Å². The lowest BCUT2D eigenvalue weighted by Gasteiger charge is -2.26. The van der Waals surface area contributed by atoms with Gasteiger partial charge in [0.25, 0.3) is 0 Å². The van der Waals surface area contributed by atoms with Gasteiger partial charge >= 0.3 is 0 Å². The third kappa shape index (κ3) is 8.50. The highest BCUT2D eigenvalue weighted by Crippen LogP contribution is 2.19. The summed E-state index contributed by atoms with van der Waals surface area (Å²) >= 11 is 0. The molecule has 0 aromatic carbocycles. The van der Waals surface area contributed by atoms with E-state index in [1.807, 2.05) is 0 Å². The van der Waals surface area contributed by atoms with E-state index >= 15 is 0 Å². The van der Waals surface area contributed by atoms with Crippen molar-refractivity contribution in [3.63, 3.8) is 0 Å². The fourth-order valence-corrected chi connectivity index (χ4v) is 2.60. The van der Waals surface area contributed by atoms with Crippen LogP contribution in [0.15, 0.2) is 23.3 Å². The van der Waals surface area contributed by atoms with Gasteiger partial charge in [0, 0.05) is 13.0 Å². The predicted octanol–water partition coefficient (Wildman–Crippen LogP) is 4.96. The molecular formula is C19H32O3. The van der Waals surface area contributed by atoms with Crippen molar-refractivity contribution in [2.24, 2.45) is 0 Å². The number of rotatable bonds is 10. The number of hydrogen-bond acceptors (Lipinski definition) is 3. The molecular weight excluding hydrogens is 276 g/mol. The minimum absolute atomic E-state index is 0.0202. The molecule has 0 saturated carbocycles. The average Bonchev–Trinajstić information content (AvgIpc) is 2.53. The first kappa shape index (κ1) is 19.1. The summed E-state index contributed by atoms with van der Waals surface area (Å²) in [6.45, 7) is 7.25. The van der Waals surface area contributed by atoms with Crippen LogP contribution in [0.5, 0.6) is 0 Å². The molecule has 0 radical (unpaired) electrons. The monoisotopic (exact) mass is 308 g/mol. The topological polar surface area (TPSA) is 35.5 Å². The Morgan fingerprint density at radius 1 is 1.23 bits per heavy atom. The van der Waals surface area contributed by atoms with Crippen LogP contribution in [-0.2, 0) is 14.3 Å². The lowest BCUT2D eigenvalue weighted by Crippen LogP contribution is -2.26. The number of hydrogen-bond donors (Lipinski definition) is 0. The third-order valence-corrected chi connectivity index (χ3v) is 4.03. The molecule has 1 aliphatic heterocycles. The maximum absolute atomic E-state index is 10.3. The summed E-state index contributed by atoms with van der Waals surface area (Å²) in [5, 5.41) is 0. The Morgan fingerprint density at radius 3 is 2.64 bits per heavy atom. The lowest BCUT2D eigenvalue weighted by molar-refractivity contribution is -0.178. The summed E-state index contributed by atoms with van der Waals surface area (Å²) in [6, 6.07) is 0. The molecule has 22 heavy (non-hydrogen) atoms. The zero-order valence-electron chi connectivity index (χ0n) is 14.5. The molecule has 1 heterocycles. The standard InChI is InChI=1S/C19H32O3/c1-4-18(22-19-12-5-6-14-21-19)15-17(3)10-7-9-16(2)11-8-13-20/h9,13,15,18-19H,4-8,10-12,14H2,1-3H3/b16-9+,17-15+. The van der Waals surface area contributed by atoms with Gasteiger partial charge in [-0.25, -0.2) is 0 Å². The molecule has 126 valence electrons. The molecule has 3 heteroatoms. The van der Waals surface area contributed by atoms with Crippen molar-refractivity contribution in [3.8, 4) is 0 Å². The summed E-state index contributed by atoms with van der Waals surface area (Å²) in [5.74, 6) is 0. The van der Waals surface area contributed by atoms with Crippen LogP contribution < -0.4 is 0 Å². The van der Waals surface area contributed by atoms with E-state index in [0.717, 1.165) is 51.4 Å².